The minimum absolute atomic E-state index is 0.691. The SMILES string of the molecule is CCCc1scc(P(c2cccc(C)c2)c2cccc(C)c2)c1P(c1cccc(C)c1)c1cccc(C)c1. The quantitative estimate of drug-likeness (QED) is 0.176. The number of hydrogen-bond donors (Lipinski definition) is 0. The van der Waals surface area contributed by atoms with E-state index >= 15 is 0 Å². The third-order valence-corrected chi connectivity index (χ3v) is 13.3. The molecule has 0 saturated carbocycles. The molecule has 3 heteroatoms. The van der Waals surface area contributed by atoms with Crippen LogP contribution in [0.5, 0.6) is 0 Å². The molecule has 1 aromatic heterocycles. The summed E-state index contributed by atoms with van der Waals surface area (Å²) in [5.41, 5.74) is 5.31. The maximum Gasteiger partial charge on any atom is 0.0135 e. The zero-order valence-corrected chi connectivity index (χ0v) is 25.6. The van der Waals surface area contributed by atoms with Crippen molar-refractivity contribution >= 4 is 59.0 Å². The first kappa shape index (κ1) is 27.0. The number of rotatable bonds is 8. The van der Waals surface area contributed by atoms with Crippen LogP contribution < -0.4 is 31.8 Å². The predicted octanol–water partition coefficient (Wildman–Crippen LogP) is 7.45. The fourth-order valence-corrected chi connectivity index (χ4v) is 12.7. The van der Waals surface area contributed by atoms with Gasteiger partial charge in [-0.15, -0.1) is 11.3 Å². The standard InChI is InChI=1S/C35H36P2S/c1-6-11-34-35(37(31-18-9-14-27(4)22-31)32-19-10-15-28(5)23-32)33(24-38-34)36(29-16-7-12-25(2)20-29)30-17-8-13-26(3)21-30/h7-10,12-24H,6,11H2,1-5H3. The first-order chi connectivity index (χ1) is 18.4. The summed E-state index contributed by atoms with van der Waals surface area (Å²) in [6, 6.07) is 36.9. The van der Waals surface area contributed by atoms with Gasteiger partial charge in [-0.25, -0.2) is 0 Å². The van der Waals surface area contributed by atoms with Crippen molar-refractivity contribution < 1.29 is 0 Å². The van der Waals surface area contributed by atoms with E-state index in [9.17, 15) is 0 Å². The van der Waals surface area contributed by atoms with Crippen molar-refractivity contribution in [2.45, 2.75) is 47.5 Å². The van der Waals surface area contributed by atoms with E-state index in [-0.39, 0.29) is 0 Å². The molecule has 38 heavy (non-hydrogen) atoms. The Bertz CT molecular complexity index is 1460. The van der Waals surface area contributed by atoms with E-state index in [1.165, 1.54) is 43.5 Å². The van der Waals surface area contributed by atoms with Gasteiger partial charge in [0.25, 0.3) is 0 Å². The number of thiophene rings is 1. The highest BCUT2D eigenvalue weighted by Crippen LogP contribution is 2.42. The molecule has 0 atom stereocenters. The second-order valence-corrected chi connectivity index (χ2v) is 15.5. The molecule has 0 nitrogen and oxygen atoms in total. The Morgan fingerprint density at radius 1 is 0.553 bits per heavy atom. The van der Waals surface area contributed by atoms with Crippen molar-refractivity contribution in [3.05, 3.63) is 130 Å². The van der Waals surface area contributed by atoms with Gasteiger partial charge in [0, 0.05) is 20.9 Å². The first-order valence-electron chi connectivity index (χ1n) is 13.4. The zero-order chi connectivity index (χ0) is 26.6. The zero-order valence-electron chi connectivity index (χ0n) is 23.0. The molecule has 0 amide bonds. The molecule has 5 aromatic rings. The molecule has 0 aliphatic rings. The van der Waals surface area contributed by atoms with E-state index in [2.05, 4.69) is 137 Å². The topological polar surface area (TPSA) is 0 Å². The average Bonchev–Trinajstić information content (AvgIpc) is 3.27. The molecule has 192 valence electrons. The third kappa shape index (κ3) is 5.87. The van der Waals surface area contributed by atoms with E-state index in [0.29, 0.717) is 0 Å². The smallest absolute Gasteiger partial charge is 0.0135 e. The van der Waals surface area contributed by atoms with Crippen LogP contribution in [0.3, 0.4) is 0 Å². The lowest BCUT2D eigenvalue weighted by Gasteiger charge is -2.27. The second-order valence-electron chi connectivity index (χ2n) is 10.2. The van der Waals surface area contributed by atoms with Crippen LogP contribution in [-0.2, 0) is 6.42 Å². The predicted molar refractivity (Wildman–Crippen MR) is 175 cm³/mol. The van der Waals surface area contributed by atoms with Crippen molar-refractivity contribution in [3.63, 3.8) is 0 Å². The van der Waals surface area contributed by atoms with Gasteiger partial charge in [-0.05, 0) is 71.2 Å². The van der Waals surface area contributed by atoms with E-state index in [1.807, 2.05) is 11.3 Å². The van der Waals surface area contributed by atoms with Crippen molar-refractivity contribution in [1.29, 1.82) is 0 Å². The van der Waals surface area contributed by atoms with Crippen molar-refractivity contribution in [2.75, 3.05) is 0 Å². The Labute approximate surface area is 235 Å². The van der Waals surface area contributed by atoms with Crippen LogP contribution in [0, 0.1) is 27.7 Å². The monoisotopic (exact) mass is 550 g/mol. The normalized spacial score (nSPS) is 11.4. The van der Waals surface area contributed by atoms with Gasteiger partial charge in [-0.1, -0.05) is 133 Å². The highest BCUT2D eigenvalue weighted by atomic mass is 32.1. The third-order valence-electron chi connectivity index (χ3n) is 6.80. The minimum Gasteiger partial charge on any atom is -0.148 e. The molecule has 0 unspecified atom stereocenters. The highest BCUT2D eigenvalue weighted by Gasteiger charge is 2.30. The molecular formula is C35H36P2S. The summed E-state index contributed by atoms with van der Waals surface area (Å²) in [6.45, 7) is 11.2. The molecule has 0 fully saturated rings. The summed E-state index contributed by atoms with van der Waals surface area (Å²) in [5, 5.41) is 11.4. The van der Waals surface area contributed by atoms with E-state index in [1.54, 1.807) is 15.5 Å². The van der Waals surface area contributed by atoms with Gasteiger partial charge in [-0.3, -0.25) is 0 Å². The molecule has 0 bridgehead atoms. The lowest BCUT2D eigenvalue weighted by atomic mass is 10.2. The Morgan fingerprint density at radius 2 is 0.947 bits per heavy atom. The molecule has 0 saturated heterocycles. The van der Waals surface area contributed by atoms with Gasteiger partial charge in [0.1, 0.15) is 0 Å². The molecule has 0 N–H and O–H groups in total. The Kier molecular flexibility index (Phi) is 8.60. The molecular weight excluding hydrogens is 514 g/mol. The summed E-state index contributed by atoms with van der Waals surface area (Å²) in [4.78, 5) is 1.56. The van der Waals surface area contributed by atoms with Crippen LogP contribution in [0.4, 0.5) is 0 Å². The summed E-state index contributed by atoms with van der Waals surface area (Å²) in [7, 11) is -1.39. The fraction of sp³-hybridized carbons (Fsp3) is 0.200. The molecule has 4 aromatic carbocycles. The number of benzene rings is 4. The molecule has 1 heterocycles. The summed E-state index contributed by atoms with van der Waals surface area (Å²) < 4.78 is 0. The average molecular weight is 551 g/mol. The van der Waals surface area contributed by atoms with E-state index in [4.69, 9.17) is 0 Å². The van der Waals surface area contributed by atoms with Crippen LogP contribution in [0.25, 0.3) is 0 Å². The van der Waals surface area contributed by atoms with Crippen LogP contribution in [-0.4, -0.2) is 0 Å². The maximum atomic E-state index is 2.51. The Balaban J connectivity index is 1.82. The summed E-state index contributed by atoms with van der Waals surface area (Å²) in [5.74, 6) is 0. The van der Waals surface area contributed by atoms with Crippen molar-refractivity contribution in [2.24, 2.45) is 0 Å². The van der Waals surface area contributed by atoms with Crippen LogP contribution in [0.1, 0.15) is 40.5 Å². The maximum absolute atomic E-state index is 2.51. The first-order valence-corrected chi connectivity index (χ1v) is 17.0. The van der Waals surface area contributed by atoms with Crippen molar-refractivity contribution in [3.8, 4) is 0 Å². The number of aryl methyl sites for hydroxylation is 5. The van der Waals surface area contributed by atoms with E-state index in [0.717, 1.165) is 12.8 Å². The van der Waals surface area contributed by atoms with Gasteiger partial charge in [0.2, 0.25) is 0 Å². The van der Waals surface area contributed by atoms with Crippen molar-refractivity contribution in [1.82, 2.24) is 0 Å². The molecule has 0 radical (unpaired) electrons. The Morgan fingerprint density at radius 3 is 1.32 bits per heavy atom. The van der Waals surface area contributed by atoms with Gasteiger partial charge in [0.15, 0.2) is 0 Å². The fourth-order valence-electron chi connectivity index (χ4n) is 5.09. The van der Waals surface area contributed by atoms with E-state index < -0.39 is 15.8 Å². The second kappa shape index (κ2) is 12.1. The van der Waals surface area contributed by atoms with Gasteiger partial charge in [0.05, 0.1) is 0 Å². The lowest BCUT2D eigenvalue weighted by molar-refractivity contribution is 0.944. The van der Waals surface area contributed by atoms with Gasteiger partial charge < -0.3 is 0 Å². The van der Waals surface area contributed by atoms with Crippen LogP contribution >= 0.6 is 27.2 Å². The minimum atomic E-state index is -0.696. The van der Waals surface area contributed by atoms with Gasteiger partial charge >= 0.3 is 0 Å². The summed E-state index contributed by atoms with van der Waals surface area (Å²) in [6.07, 6.45) is 2.28. The molecule has 0 aliphatic carbocycles. The molecule has 0 aliphatic heterocycles. The van der Waals surface area contributed by atoms with Crippen LogP contribution in [0.15, 0.2) is 102 Å². The number of hydrogen-bond acceptors (Lipinski definition) is 1. The van der Waals surface area contributed by atoms with Crippen LogP contribution in [0.2, 0.25) is 0 Å². The molecule has 0 spiro atoms. The largest absolute Gasteiger partial charge is 0.148 e. The Hall–Kier alpha value is -2.56. The van der Waals surface area contributed by atoms with Gasteiger partial charge in [-0.2, -0.15) is 0 Å². The lowest BCUT2D eigenvalue weighted by Crippen LogP contribution is -2.34. The highest BCUT2D eigenvalue weighted by molar-refractivity contribution is 7.86. The summed E-state index contributed by atoms with van der Waals surface area (Å²) >= 11 is 1.99. The molecule has 5 rings (SSSR count).